The van der Waals surface area contributed by atoms with Crippen LogP contribution in [-0.2, 0) is 0 Å². The molecule has 1 amide bonds. The van der Waals surface area contributed by atoms with Gasteiger partial charge < -0.3 is 16.3 Å². The fraction of sp³-hybridized carbons (Fsp3) is 0.333. The van der Waals surface area contributed by atoms with Gasteiger partial charge in [-0.1, -0.05) is 30.6 Å². The number of amidine groups is 1. The minimum atomic E-state index is -0.640. The molecule has 0 aliphatic heterocycles. The third-order valence-corrected chi connectivity index (χ3v) is 2.88. The first kappa shape index (κ1) is 15.2. The van der Waals surface area contributed by atoms with Crippen LogP contribution in [0.4, 0.5) is 4.39 Å². The molecule has 0 fully saturated rings. The van der Waals surface area contributed by atoms with Crippen molar-refractivity contribution in [1.82, 2.24) is 5.32 Å². The molecule has 0 saturated heterocycles. The van der Waals surface area contributed by atoms with Crippen molar-refractivity contribution in [3.8, 4) is 0 Å². The molecule has 0 aromatic heterocycles. The van der Waals surface area contributed by atoms with Crippen molar-refractivity contribution in [2.45, 2.75) is 19.9 Å². The average Bonchev–Trinajstić information content (AvgIpc) is 2.34. The molecule has 1 rings (SSSR count). The summed E-state index contributed by atoms with van der Waals surface area (Å²) < 4.78 is 12.9. The number of rotatable bonds is 4. The molecule has 4 N–H and O–H groups in total. The van der Waals surface area contributed by atoms with Gasteiger partial charge in [0.1, 0.15) is 5.82 Å². The van der Waals surface area contributed by atoms with Crippen molar-refractivity contribution in [2.75, 3.05) is 0 Å². The summed E-state index contributed by atoms with van der Waals surface area (Å²) in [5.41, 5.74) is 5.62. The van der Waals surface area contributed by atoms with Crippen molar-refractivity contribution in [3.63, 3.8) is 0 Å². The predicted octanol–water partition coefficient (Wildman–Crippen LogP) is 1.98. The Labute approximate surface area is 115 Å². The summed E-state index contributed by atoms with van der Waals surface area (Å²) in [6.07, 6.45) is 0. The van der Waals surface area contributed by atoms with Gasteiger partial charge in [0.2, 0.25) is 0 Å². The summed E-state index contributed by atoms with van der Waals surface area (Å²) in [6.45, 7) is 3.60. The van der Waals surface area contributed by atoms with Crippen LogP contribution in [-0.4, -0.2) is 23.0 Å². The van der Waals surface area contributed by atoms with Gasteiger partial charge in [0, 0.05) is 0 Å². The third kappa shape index (κ3) is 3.82. The molecule has 0 spiro atoms. The monoisotopic (exact) mass is 287 g/mol. The average molecular weight is 288 g/mol. The molecule has 1 aromatic carbocycles. The van der Waals surface area contributed by atoms with Gasteiger partial charge in [-0.25, -0.2) is 4.39 Å². The van der Waals surface area contributed by atoms with E-state index in [0.717, 1.165) is 12.1 Å². The summed E-state index contributed by atoms with van der Waals surface area (Å²) in [6, 6.07) is 2.81. The molecule has 0 radical (unpaired) electrons. The normalized spacial score (nSPS) is 13.4. The number of benzene rings is 1. The van der Waals surface area contributed by atoms with E-state index in [2.05, 4.69) is 10.5 Å². The van der Waals surface area contributed by atoms with Gasteiger partial charge in [-0.15, -0.1) is 0 Å². The van der Waals surface area contributed by atoms with Crippen LogP contribution in [0.25, 0.3) is 0 Å². The minimum absolute atomic E-state index is 0.000449. The highest BCUT2D eigenvalue weighted by Gasteiger charge is 2.22. The number of oxime groups is 1. The first-order valence-corrected chi connectivity index (χ1v) is 5.98. The van der Waals surface area contributed by atoms with Crippen molar-refractivity contribution in [1.29, 1.82) is 0 Å². The molecule has 0 saturated carbocycles. The summed E-state index contributed by atoms with van der Waals surface area (Å²) in [5, 5.41) is 14.1. The number of nitrogens with two attached hydrogens (primary N) is 1. The van der Waals surface area contributed by atoms with Crippen LogP contribution < -0.4 is 11.1 Å². The smallest absolute Gasteiger partial charge is 0.253 e. The summed E-state index contributed by atoms with van der Waals surface area (Å²) in [7, 11) is 0. The van der Waals surface area contributed by atoms with Crippen LogP contribution in [0.2, 0.25) is 5.02 Å². The number of carbonyl (C=O) groups excluding carboxylic acids is 1. The molecule has 1 unspecified atom stereocenters. The maximum Gasteiger partial charge on any atom is 0.253 e. The molecule has 104 valence electrons. The van der Waals surface area contributed by atoms with Crippen LogP contribution in [0.3, 0.4) is 0 Å². The Morgan fingerprint density at radius 1 is 1.53 bits per heavy atom. The highest BCUT2D eigenvalue weighted by Crippen LogP contribution is 2.17. The van der Waals surface area contributed by atoms with Gasteiger partial charge in [-0.05, 0) is 24.1 Å². The first-order chi connectivity index (χ1) is 8.86. The zero-order valence-electron chi connectivity index (χ0n) is 10.5. The summed E-state index contributed by atoms with van der Waals surface area (Å²) in [5.74, 6) is -1.24. The third-order valence-electron chi connectivity index (χ3n) is 2.56. The van der Waals surface area contributed by atoms with E-state index in [4.69, 9.17) is 22.5 Å². The maximum absolute atomic E-state index is 12.9. The van der Waals surface area contributed by atoms with Gasteiger partial charge in [0.25, 0.3) is 5.91 Å². The fourth-order valence-electron chi connectivity index (χ4n) is 1.54. The maximum atomic E-state index is 12.9. The van der Waals surface area contributed by atoms with Crippen molar-refractivity contribution in [2.24, 2.45) is 16.8 Å². The zero-order valence-corrected chi connectivity index (χ0v) is 11.3. The molecular weight excluding hydrogens is 273 g/mol. The van der Waals surface area contributed by atoms with Crippen molar-refractivity contribution in [3.05, 3.63) is 34.6 Å². The number of nitrogens with one attached hydrogen (secondary N) is 1. The lowest BCUT2D eigenvalue weighted by Crippen LogP contribution is -2.47. The van der Waals surface area contributed by atoms with E-state index >= 15 is 0 Å². The van der Waals surface area contributed by atoms with Gasteiger partial charge in [0.05, 0.1) is 16.6 Å². The fourth-order valence-corrected chi connectivity index (χ4v) is 1.79. The Balaban J connectivity index is 2.94. The summed E-state index contributed by atoms with van der Waals surface area (Å²) >= 11 is 5.79. The highest BCUT2D eigenvalue weighted by molar-refractivity contribution is 6.33. The molecule has 7 heteroatoms. The number of halogens is 2. The van der Waals surface area contributed by atoms with Crippen molar-refractivity contribution >= 4 is 23.3 Å². The largest absolute Gasteiger partial charge is 0.409 e. The van der Waals surface area contributed by atoms with Crippen LogP contribution in [0.1, 0.15) is 24.2 Å². The van der Waals surface area contributed by atoms with E-state index in [-0.39, 0.29) is 22.3 Å². The van der Waals surface area contributed by atoms with Crippen LogP contribution in [0, 0.1) is 11.7 Å². The molecule has 1 atom stereocenters. The Morgan fingerprint density at radius 3 is 2.63 bits per heavy atom. The second-order valence-corrected chi connectivity index (χ2v) is 4.75. The lowest BCUT2D eigenvalue weighted by molar-refractivity contribution is 0.0939. The molecule has 0 aliphatic carbocycles. The van der Waals surface area contributed by atoms with Crippen LogP contribution >= 0.6 is 11.6 Å². The van der Waals surface area contributed by atoms with E-state index in [9.17, 15) is 9.18 Å². The van der Waals surface area contributed by atoms with E-state index in [1.165, 1.54) is 6.07 Å². The molecular formula is C12H15ClFN3O2. The van der Waals surface area contributed by atoms with Gasteiger partial charge in [-0.2, -0.15) is 0 Å². The standard InChI is InChI=1S/C12H15ClFN3O2/c1-6(2)10(11(15)17-19)16-12(18)8-4-3-7(14)5-9(8)13/h3-6,10,19H,1-2H3,(H2,15,17)(H,16,18). The molecule has 1 aromatic rings. The van der Waals surface area contributed by atoms with Gasteiger partial charge in [0.15, 0.2) is 5.84 Å². The Bertz CT molecular complexity index is 506. The second-order valence-electron chi connectivity index (χ2n) is 4.34. The van der Waals surface area contributed by atoms with E-state index < -0.39 is 17.8 Å². The number of hydrogen-bond donors (Lipinski definition) is 3. The first-order valence-electron chi connectivity index (χ1n) is 5.60. The lowest BCUT2D eigenvalue weighted by atomic mass is 10.0. The van der Waals surface area contributed by atoms with Crippen LogP contribution in [0.5, 0.6) is 0 Å². The van der Waals surface area contributed by atoms with Gasteiger partial charge in [-0.3, -0.25) is 4.79 Å². The van der Waals surface area contributed by atoms with Crippen LogP contribution in [0.15, 0.2) is 23.4 Å². The number of nitrogens with zero attached hydrogens (tertiary/aromatic N) is 1. The number of carbonyl (C=O) groups is 1. The molecule has 19 heavy (non-hydrogen) atoms. The SMILES string of the molecule is CC(C)C(NC(=O)c1ccc(F)cc1Cl)C(N)=NO. The van der Waals surface area contributed by atoms with Crippen molar-refractivity contribution < 1.29 is 14.4 Å². The lowest BCUT2D eigenvalue weighted by Gasteiger charge is -2.21. The second kappa shape index (κ2) is 6.38. The summed E-state index contributed by atoms with van der Waals surface area (Å²) in [4.78, 5) is 12.0. The predicted molar refractivity (Wildman–Crippen MR) is 70.9 cm³/mol. The molecule has 0 bridgehead atoms. The number of amides is 1. The van der Waals surface area contributed by atoms with E-state index in [0.29, 0.717) is 0 Å². The topological polar surface area (TPSA) is 87.7 Å². The number of hydrogen-bond acceptors (Lipinski definition) is 3. The molecule has 5 nitrogen and oxygen atoms in total. The molecule has 0 heterocycles. The Morgan fingerprint density at radius 2 is 2.16 bits per heavy atom. The molecule has 0 aliphatic rings. The minimum Gasteiger partial charge on any atom is -0.409 e. The highest BCUT2D eigenvalue weighted by atomic mass is 35.5. The van der Waals surface area contributed by atoms with E-state index in [1.807, 2.05) is 0 Å². The Kier molecular flexibility index (Phi) is 5.11. The zero-order chi connectivity index (χ0) is 14.6. The van der Waals surface area contributed by atoms with E-state index in [1.54, 1.807) is 13.8 Å². The Hall–Kier alpha value is -1.82. The van der Waals surface area contributed by atoms with Gasteiger partial charge >= 0.3 is 0 Å². The quantitative estimate of drug-likeness (QED) is 0.342.